The van der Waals surface area contributed by atoms with Gasteiger partial charge in [0.25, 0.3) is 0 Å². The molecule has 1 aromatic rings. The molecule has 2 heterocycles. The third kappa shape index (κ3) is 4.03. The molecule has 2 fully saturated rings. The van der Waals surface area contributed by atoms with E-state index in [2.05, 4.69) is 34.3 Å². The summed E-state index contributed by atoms with van der Waals surface area (Å²) in [6, 6.07) is 5.21. The van der Waals surface area contributed by atoms with Crippen LogP contribution in [-0.4, -0.2) is 29.0 Å². The van der Waals surface area contributed by atoms with Gasteiger partial charge in [-0.25, -0.2) is 0 Å². The molecule has 0 atom stereocenters. The van der Waals surface area contributed by atoms with Crippen LogP contribution in [0.3, 0.4) is 0 Å². The molecule has 3 nitrogen and oxygen atoms in total. The molecule has 3 heteroatoms. The number of pyridine rings is 1. The molecular formula is C17H27N3. The molecule has 0 unspecified atom stereocenters. The summed E-state index contributed by atoms with van der Waals surface area (Å²) >= 11 is 0. The summed E-state index contributed by atoms with van der Waals surface area (Å²) in [5, 5.41) is 3.53. The zero-order valence-corrected chi connectivity index (χ0v) is 12.6. The van der Waals surface area contributed by atoms with Crippen molar-refractivity contribution in [1.29, 1.82) is 0 Å². The molecule has 1 saturated carbocycles. The van der Waals surface area contributed by atoms with Crippen LogP contribution in [0.25, 0.3) is 0 Å². The van der Waals surface area contributed by atoms with Gasteiger partial charge in [0, 0.05) is 25.3 Å². The van der Waals surface area contributed by atoms with Crippen molar-refractivity contribution in [2.45, 2.75) is 58.2 Å². The standard InChI is InChI=1S/C17H27N3/c1-2-14-7-9-20(10-8-14)13-17-4-3-15(12-19-17)11-18-16-5-6-16/h3-4,12,14,16,18H,2,5-11,13H2,1H3. The fourth-order valence-corrected chi connectivity index (χ4v) is 2.98. The minimum atomic E-state index is 0.773. The molecular weight excluding hydrogens is 246 g/mol. The average molecular weight is 273 g/mol. The first-order valence-corrected chi connectivity index (χ1v) is 8.23. The summed E-state index contributed by atoms with van der Waals surface area (Å²) in [4.78, 5) is 7.18. The highest BCUT2D eigenvalue weighted by atomic mass is 15.1. The van der Waals surface area contributed by atoms with E-state index < -0.39 is 0 Å². The Balaban J connectivity index is 1.45. The zero-order valence-electron chi connectivity index (χ0n) is 12.6. The van der Waals surface area contributed by atoms with Gasteiger partial charge in [-0.05, 0) is 56.3 Å². The lowest BCUT2D eigenvalue weighted by Crippen LogP contribution is -2.33. The predicted molar refractivity (Wildman–Crippen MR) is 82.4 cm³/mol. The number of nitrogens with one attached hydrogen (secondary N) is 1. The lowest BCUT2D eigenvalue weighted by Gasteiger charge is -2.31. The summed E-state index contributed by atoms with van der Waals surface area (Å²) in [5.41, 5.74) is 2.53. The first-order chi connectivity index (χ1) is 9.83. The summed E-state index contributed by atoms with van der Waals surface area (Å²) in [6.45, 7) is 6.79. The highest BCUT2D eigenvalue weighted by Gasteiger charge is 2.20. The predicted octanol–water partition coefficient (Wildman–Crippen LogP) is 2.96. The van der Waals surface area contributed by atoms with Crippen molar-refractivity contribution >= 4 is 0 Å². The maximum atomic E-state index is 4.63. The second-order valence-electron chi connectivity index (χ2n) is 6.44. The van der Waals surface area contributed by atoms with E-state index in [1.807, 2.05) is 6.20 Å². The molecule has 0 aromatic carbocycles. The van der Waals surface area contributed by atoms with E-state index in [4.69, 9.17) is 0 Å². The lowest BCUT2D eigenvalue weighted by molar-refractivity contribution is 0.173. The molecule has 1 N–H and O–H groups in total. The van der Waals surface area contributed by atoms with E-state index in [0.29, 0.717) is 0 Å². The molecule has 1 aromatic heterocycles. The quantitative estimate of drug-likeness (QED) is 0.863. The molecule has 1 saturated heterocycles. The molecule has 2 aliphatic rings. The summed E-state index contributed by atoms with van der Waals surface area (Å²) in [6.07, 6.45) is 8.80. The van der Waals surface area contributed by atoms with Gasteiger partial charge in [-0.15, -0.1) is 0 Å². The smallest absolute Gasteiger partial charge is 0.0544 e. The van der Waals surface area contributed by atoms with Crippen molar-refractivity contribution in [2.75, 3.05) is 13.1 Å². The van der Waals surface area contributed by atoms with Gasteiger partial charge >= 0.3 is 0 Å². The van der Waals surface area contributed by atoms with E-state index in [1.54, 1.807) is 0 Å². The Morgan fingerprint density at radius 1 is 1.20 bits per heavy atom. The first-order valence-electron chi connectivity index (χ1n) is 8.23. The minimum absolute atomic E-state index is 0.773. The van der Waals surface area contributed by atoms with Gasteiger partial charge in [0.05, 0.1) is 5.69 Å². The lowest BCUT2D eigenvalue weighted by atomic mass is 9.94. The molecule has 0 radical (unpaired) electrons. The average Bonchev–Trinajstić information content (AvgIpc) is 3.32. The third-order valence-electron chi connectivity index (χ3n) is 4.73. The molecule has 0 amide bonds. The van der Waals surface area contributed by atoms with E-state index in [9.17, 15) is 0 Å². The number of piperidine rings is 1. The maximum absolute atomic E-state index is 4.63. The molecule has 110 valence electrons. The Morgan fingerprint density at radius 2 is 2.00 bits per heavy atom. The number of hydrogen-bond donors (Lipinski definition) is 1. The number of likely N-dealkylation sites (tertiary alicyclic amines) is 1. The van der Waals surface area contributed by atoms with Crippen LogP contribution in [-0.2, 0) is 13.1 Å². The topological polar surface area (TPSA) is 28.2 Å². The summed E-state index contributed by atoms with van der Waals surface area (Å²) in [5.74, 6) is 0.954. The van der Waals surface area contributed by atoms with Crippen molar-refractivity contribution in [3.63, 3.8) is 0 Å². The third-order valence-corrected chi connectivity index (χ3v) is 4.73. The van der Waals surface area contributed by atoms with Crippen molar-refractivity contribution in [3.05, 3.63) is 29.6 Å². The molecule has 1 aliphatic heterocycles. The van der Waals surface area contributed by atoms with Gasteiger partial charge in [0.2, 0.25) is 0 Å². The van der Waals surface area contributed by atoms with Crippen LogP contribution in [0, 0.1) is 5.92 Å². The molecule has 0 bridgehead atoms. The van der Waals surface area contributed by atoms with Crippen LogP contribution in [0.5, 0.6) is 0 Å². The highest BCUT2D eigenvalue weighted by molar-refractivity contribution is 5.14. The Bertz CT molecular complexity index is 403. The largest absolute Gasteiger partial charge is 0.310 e. The summed E-state index contributed by atoms with van der Waals surface area (Å²) in [7, 11) is 0. The van der Waals surface area contributed by atoms with E-state index in [1.165, 1.54) is 56.5 Å². The molecule has 3 rings (SSSR count). The normalized spacial score (nSPS) is 21.2. The van der Waals surface area contributed by atoms with Gasteiger partial charge in [0.15, 0.2) is 0 Å². The number of hydrogen-bond acceptors (Lipinski definition) is 3. The van der Waals surface area contributed by atoms with Crippen molar-refractivity contribution < 1.29 is 0 Å². The van der Waals surface area contributed by atoms with E-state index >= 15 is 0 Å². The minimum Gasteiger partial charge on any atom is -0.310 e. The zero-order chi connectivity index (χ0) is 13.8. The van der Waals surface area contributed by atoms with Crippen LogP contribution in [0.1, 0.15) is 50.3 Å². The second-order valence-corrected chi connectivity index (χ2v) is 6.44. The SMILES string of the molecule is CCC1CCN(Cc2ccc(CNC3CC3)cn2)CC1. The van der Waals surface area contributed by atoms with Crippen molar-refractivity contribution in [2.24, 2.45) is 5.92 Å². The Hall–Kier alpha value is -0.930. The van der Waals surface area contributed by atoms with Gasteiger partial charge < -0.3 is 5.32 Å². The highest BCUT2D eigenvalue weighted by Crippen LogP contribution is 2.21. The van der Waals surface area contributed by atoms with Gasteiger partial charge in [-0.1, -0.05) is 19.4 Å². The van der Waals surface area contributed by atoms with Crippen LogP contribution < -0.4 is 5.32 Å². The Labute approximate surface area is 122 Å². The second kappa shape index (κ2) is 6.68. The van der Waals surface area contributed by atoms with Crippen LogP contribution in [0.15, 0.2) is 18.3 Å². The van der Waals surface area contributed by atoms with Crippen LogP contribution >= 0.6 is 0 Å². The first kappa shape index (κ1) is 14.0. The summed E-state index contributed by atoms with van der Waals surface area (Å²) < 4.78 is 0. The van der Waals surface area contributed by atoms with E-state index in [0.717, 1.165) is 25.0 Å². The van der Waals surface area contributed by atoms with Crippen LogP contribution in [0.2, 0.25) is 0 Å². The van der Waals surface area contributed by atoms with E-state index in [-0.39, 0.29) is 0 Å². The number of aromatic nitrogens is 1. The van der Waals surface area contributed by atoms with Gasteiger partial charge in [0.1, 0.15) is 0 Å². The maximum Gasteiger partial charge on any atom is 0.0544 e. The number of nitrogens with zero attached hydrogens (tertiary/aromatic N) is 2. The Morgan fingerprint density at radius 3 is 2.60 bits per heavy atom. The molecule has 20 heavy (non-hydrogen) atoms. The fraction of sp³-hybridized carbons (Fsp3) is 0.706. The fourth-order valence-electron chi connectivity index (χ4n) is 2.98. The monoisotopic (exact) mass is 273 g/mol. The van der Waals surface area contributed by atoms with Crippen molar-refractivity contribution in [1.82, 2.24) is 15.2 Å². The van der Waals surface area contributed by atoms with Crippen LogP contribution in [0.4, 0.5) is 0 Å². The van der Waals surface area contributed by atoms with Gasteiger partial charge in [-0.3, -0.25) is 9.88 Å². The van der Waals surface area contributed by atoms with Gasteiger partial charge in [-0.2, -0.15) is 0 Å². The Kier molecular flexibility index (Phi) is 4.69. The number of rotatable bonds is 6. The van der Waals surface area contributed by atoms with Crippen molar-refractivity contribution in [3.8, 4) is 0 Å². The molecule has 0 spiro atoms. The molecule has 1 aliphatic carbocycles.